The predicted octanol–water partition coefficient (Wildman–Crippen LogP) is 2.75. The molecule has 0 aliphatic carbocycles. The van der Waals surface area contributed by atoms with E-state index in [9.17, 15) is 14.4 Å². The van der Waals surface area contributed by atoms with Crippen molar-refractivity contribution in [2.75, 3.05) is 6.54 Å². The van der Waals surface area contributed by atoms with Crippen molar-refractivity contribution >= 4 is 17.8 Å². The van der Waals surface area contributed by atoms with Crippen molar-refractivity contribution in [1.82, 2.24) is 10.2 Å². The van der Waals surface area contributed by atoms with E-state index in [0.29, 0.717) is 19.4 Å². The number of nitrogens with one attached hydrogen (secondary N) is 1. The summed E-state index contributed by atoms with van der Waals surface area (Å²) in [6.07, 6.45) is 1.12. The van der Waals surface area contributed by atoms with E-state index in [2.05, 4.69) is 5.32 Å². The van der Waals surface area contributed by atoms with E-state index >= 15 is 0 Å². The molecule has 0 aromatic heterocycles. The molecule has 0 bridgehead atoms. The summed E-state index contributed by atoms with van der Waals surface area (Å²) in [4.78, 5) is 38.1. The number of carboxylic acid groups (broad SMARTS) is 1. The van der Waals surface area contributed by atoms with Crippen LogP contribution in [-0.4, -0.2) is 39.9 Å². The van der Waals surface area contributed by atoms with Gasteiger partial charge in [-0.1, -0.05) is 44.2 Å². The van der Waals surface area contributed by atoms with E-state index in [1.54, 1.807) is 4.90 Å². The number of carbonyl (C=O) groups excluding carboxylic acids is 2. The summed E-state index contributed by atoms with van der Waals surface area (Å²) in [6, 6.07) is 9.63. The summed E-state index contributed by atoms with van der Waals surface area (Å²) in [5.41, 5.74) is 0.272. The monoisotopic (exact) mass is 360 g/mol. The number of carbonyl (C=O) groups is 3. The van der Waals surface area contributed by atoms with E-state index in [0.717, 1.165) is 5.56 Å². The van der Waals surface area contributed by atoms with Crippen molar-refractivity contribution in [2.45, 2.75) is 58.0 Å². The zero-order chi connectivity index (χ0) is 19.3. The van der Waals surface area contributed by atoms with E-state index in [1.165, 1.54) is 0 Å². The molecular weight excluding hydrogens is 332 g/mol. The van der Waals surface area contributed by atoms with Crippen LogP contribution in [0.25, 0.3) is 0 Å². The summed E-state index contributed by atoms with van der Waals surface area (Å²) in [5, 5.41) is 12.1. The lowest BCUT2D eigenvalue weighted by atomic mass is 9.88. The molecule has 26 heavy (non-hydrogen) atoms. The Bertz CT molecular complexity index is 655. The first kappa shape index (κ1) is 19.9. The third kappa shape index (κ3) is 4.42. The van der Waals surface area contributed by atoms with Crippen molar-refractivity contribution in [3.05, 3.63) is 35.9 Å². The van der Waals surface area contributed by atoms with Gasteiger partial charge in [0.05, 0.1) is 18.4 Å². The quantitative estimate of drug-likeness (QED) is 0.746. The van der Waals surface area contributed by atoms with Crippen LogP contribution in [-0.2, 0) is 14.4 Å². The number of aliphatic carboxylic acids is 1. The highest BCUT2D eigenvalue weighted by Gasteiger charge is 2.40. The second kappa shape index (κ2) is 8.34. The van der Waals surface area contributed by atoms with Crippen LogP contribution in [0.4, 0.5) is 0 Å². The lowest BCUT2D eigenvalue weighted by Gasteiger charge is -2.32. The fourth-order valence-electron chi connectivity index (χ4n) is 3.57. The minimum Gasteiger partial charge on any atom is -0.481 e. The standard InChI is InChI=1S/C20H28N2O4/c1-4-20(5-2,12-18(24)25)21-19(26)16-11-17(23)22(13-16)14(3)15-9-7-6-8-10-15/h6-10,14,16H,4-5,11-13H2,1-3H3,(H,21,26)(H,24,25). The van der Waals surface area contributed by atoms with Crippen molar-refractivity contribution < 1.29 is 19.5 Å². The summed E-state index contributed by atoms with van der Waals surface area (Å²) >= 11 is 0. The lowest BCUT2D eigenvalue weighted by Crippen LogP contribution is -2.51. The Morgan fingerprint density at radius 1 is 1.27 bits per heavy atom. The van der Waals surface area contributed by atoms with Crippen molar-refractivity contribution in [1.29, 1.82) is 0 Å². The van der Waals surface area contributed by atoms with Crippen molar-refractivity contribution in [3.63, 3.8) is 0 Å². The Balaban J connectivity index is 2.07. The first-order valence-corrected chi connectivity index (χ1v) is 9.20. The molecule has 2 N–H and O–H groups in total. The van der Waals surface area contributed by atoms with E-state index in [-0.39, 0.29) is 30.7 Å². The molecule has 2 amide bonds. The zero-order valence-electron chi connectivity index (χ0n) is 15.7. The maximum atomic E-state index is 12.7. The van der Waals surface area contributed by atoms with Gasteiger partial charge in [-0.3, -0.25) is 14.4 Å². The minimum atomic E-state index is -0.934. The number of nitrogens with zero attached hydrogens (tertiary/aromatic N) is 1. The highest BCUT2D eigenvalue weighted by atomic mass is 16.4. The average molecular weight is 360 g/mol. The Morgan fingerprint density at radius 2 is 1.88 bits per heavy atom. The van der Waals surface area contributed by atoms with Crippen LogP contribution in [0.1, 0.15) is 58.1 Å². The molecule has 0 spiro atoms. The molecule has 1 heterocycles. The Morgan fingerprint density at radius 3 is 2.42 bits per heavy atom. The third-order valence-corrected chi connectivity index (χ3v) is 5.51. The molecule has 1 aromatic carbocycles. The molecule has 2 atom stereocenters. The van der Waals surface area contributed by atoms with Crippen LogP contribution in [0.2, 0.25) is 0 Å². The van der Waals surface area contributed by atoms with Gasteiger partial charge in [-0.15, -0.1) is 0 Å². The number of rotatable bonds is 8. The van der Waals surface area contributed by atoms with E-state index < -0.39 is 17.4 Å². The van der Waals surface area contributed by atoms with Gasteiger partial charge >= 0.3 is 5.97 Å². The average Bonchev–Trinajstić information content (AvgIpc) is 3.02. The number of hydrogen-bond acceptors (Lipinski definition) is 3. The Labute approximate surface area is 154 Å². The number of likely N-dealkylation sites (tertiary alicyclic amines) is 1. The summed E-state index contributed by atoms with van der Waals surface area (Å²) < 4.78 is 0. The molecule has 0 radical (unpaired) electrons. The van der Waals surface area contributed by atoms with Gasteiger partial charge in [0.15, 0.2) is 0 Å². The highest BCUT2D eigenvalue weighted by molar-refractivity contribution is 5.90. The molecule has 1 fully saturated rings. The number of hydrogen-bond donors (Lipinski definition) is 2. The van der Waals surface area contributed by atoms with Crippen molar-refractivity contribution in [3.8, 4) is 0 Å². The van der Waals surface area contributed by atoms with Crippen LogP contribution in [0.5, 0.6) is 0 Å². The third-order valence-electron chi connectivity index (χ3n) is 5.51. The fraction of sp³-hybridized carbons (Fsp3) is 0.550. The second-order valence-corrected chi connectivity index (χ2v) is 7.08. The molecule has 1 aliphatic heterocycles. The SMILES string of the molecule is CCC(CC)(CC(=O)O)NC(=O)C1CC(=O)N(C(C)c2ccccc2)C1. The molecule has 2 rings (SSSR count). The molecule has 6 heteroatoms. The molecule has 2 unspecified atom stereocenters. The van der Waals surface area contributed by atoms with Crippen LogP contribution >= 0.6 is 0 Å². The summed E-state index contributed by atoms with van der Waals surface area (Å²) in [6.45, 7) is 6.06. The summed E-state index contributed by atoms with van der Waals surface area (Å²) in [5.74, 6) is -1.65. The topological polar surface area (TPSA) is 86.7 Å². The number of benzene rings is 1. The first-order valence-electron chi connectivity index (χ1n) is 9.20. The van der Waals surface area contributed by atoms with E-state index in [1.807, 2.05) is 51.1 Å². The van der Waals surface area contributed by atoms with Gasteiger partial charge in [-0.25, -0.2) is 0 Å². The van der Waals surface area contributed by atoms with Gasteiger partial charge in [-0.2, -0.15) is 0 Å². The number of carboxylic acids is 1. The molecule has 6 nitrogen and oxygen atoms in total. The normalized spacial score (nSPS) is 18.7. The van der Waals surface area contributed by atoms with Crippen LogP contribution < -0.4 is 5.32 Å². The Hall–Kier alpha value is -2.37. The maximum absolute atomic E-state index is 12.7. The van der Waals surface area contributed by atoms with Gasteiger partial charge in [0.1, 0.15) is 0 Å². The molecule has 1 saturated heterocycles. The first-order chi connectivity index (χ1) is 12.3. The molecular formula is C20H28N2O4. The van der Waals surface area contributed by atoms with Crippen LogP contribution in [0.15, 0.2) is 30.3 Å². The predicted molar refractivity (Wildman–Crippen MR) is 98.4 cm³/mol. The minimum absolute atomic E-state index is 0.0432. The molecule has 142 valence electrons. The second-order valence-electron chi connectivity index (χ2n) is 7.08. The van der Waals surface area contributed by atoms with E-state index in [4.69, 9.17) is 5.11 Å². The van der Waals surface area contributed by atoms with Gasteiger partial charge < -0.3 is 15.3 Å². The molecule has 1 aromatic rings. The van der Waals surface area contributed by atoms with Crippen molar-refractivity contribution in [2.24, 2.45) is 5.92 Å². The smallest absolute Gasteiger partial charge is 0.305 e. The largest absolute Gasteiger partial charge is 0.481 e. The summed E-state index contributed by atoms with van der Waals surface area (Å²) in [7, 11) is 0. The van der Waals surface area contributed by atoms with Gasteiger partial charge in [0.25, 0.3) is 0 Å². The lowest BCUT2D eigenvalue weighted by molar-refractivity contribution is -0.139. The van der Waals surface area contributed by atoms with Gasteiger partial charge in [-0.05, 0) is 25.3 Å². The fourth-order valence-corrected chi connectivity index (χ4v) is 3.57. The zero-order valence-corrected chi connectivity index (χ0v) is 15.7. The highest BCUT2D eigenvalue weighted by Crippen LogP contribution is 2.29. The van der Waals surface area contributed by atoms with Crippen LogP contribution in [0, 0.1) is 5.92 Å². The Kier molecular flexibility index (Phi) is 6.40. The number of amides is 2. The van der Waals surface area contributed by atoms with Gasteiger partial charge in [0, 0.05) is 18.5 Å². The molecule has 0 saturated carbocycles. The van der Waals surface area contributed by atoms with Crippen LogP contribution in [0.3, 0.4) is 0 Å². The maximum Gasteiger partial charge on any atom is 0.305 e. The van der Waals surface area contributed by atoms with Gasteiger partial charge in [0.2, 0.25) is 11.8 Å². The molecule has 1 aliphatic rings.